The molecule has 4 unspecified atom stereocenters. The summed E-state index contributed by atoms with van der Waals surface area (Å²) in [5, 5.41) is 2.71. The molecule has 1 heterocycles. The molecule has 1 saturated carbocycles. The zero-order valence-corrected chi connectivity index (χ0v) is 16.2. The summed E-state index contributed by atoms with van der Waals surface area (Å²) < 4.78 is 5.23. The van der Waals surface area contributed by atoms with E-state index in [-0.39, 0.29) is 23.7 Å². The summed E-state index contributed by atoms with van der Waals surface area (Å²) in [5.74, 6) is -2.40. The zero-order chi connectivity index (χ0) is 20.3. The van der Waals surface area contributed by atoms with Gasteiger partial charge in [0.2, 0.25) is 11.8 Å². The van der Waals surface area contributed by atoms with Crippen molar-refractivity contribution >= 4 is 23.7 Å². The number of ether oxygens (including phenoxy) is 1. The van der Waals surface area contributed by atoms with E-state index in [2.05, 4.69) is 5.32 Å². The summed E-state index contributed by atoms with van der Waals surface area (Å²) in [6, 6.07) is 8.35. The number of hydrogen-bond acceptors (Lipinski definition) is 5. The summed E-state index contributed by atoms with van der Waals surface area (Å²) in [7, 11) is 0. The van der Waals surface area contributed by atoms with Crippen molar-refractivity contribution in [1.29, 1.82) is 0 Å². The van der Waals surface area contributed by atoms with E-state index in [1.807, 2.05) is 30.3 Å². The molecule has 0 aromatic heterocycles. The highest BCUT2D eigenvalue weighted by molar-refractivity contribution is 6.07. The average molecular weight is 386 g/mol. The molecule has 0 radical (unpaired) electrons. The van der Waals surface area contributed by atoms with Gasteiger partial charge in [-0.15, -0.1) is 0 Å². The van der Waals surface area contributed by atoms with Crippen LogP contribution in [-0.2, 0) is 30.5 Å². The maximum atomic E-state index is 12.6. The van der Waals surface area contributed by atoms with Crippen molar-refractivity contribution in [3.63, 3.8) is 0 Å². The molecule has 7 heteroatoms. The third-order valence-electron chi connectivity index (χ3n) is 5.58. The van der Waals surface area contributed by atoms with Crippen LogP contribution in [0, 0.1) is 11.8 Å². The highest BCUT2D eigenvalue weighted by Gasteiger charge is 2.51. The first-order valence-corrected chi connectivity index (χ1v) is 9.79. The molecule has 1 aliphatic carbocycles. The van der Waals surface area contributed by atoms with Crippen molar-refractivity contribution in [1.82, 2.24) is 10.2 Å². The van der Waals surface area contributed by atoms with Gasteiger partial charge < -0.3 is 10.1 Å². The zero-order valence-electron chi connectivity index (χ0n) is 16.2. The van der Waals surface area contributed by atoms with Gasteiger partial charge in [-0.1, -0.05) is 43.2 Å². The van der Waals surface area contributed by atoms with Crippen molar-refractivity contribution in [2.45, 2.75) is 58.2 Å². The van der Waals surface area contributed by atoms with Gasteiger partial charge >= 0.3 is 5.97 Å². The van der Waals surface area contributed by atoms with Crippen LogP contribution in [0.2, 0.25) is 0 Å². The number of nitrogens with zero attached hydrogens (tertiary/aromatic N) is 1. The lowest BCUT2D eigenvalue weighted by atomic mass is 9.81. The number of amides is 3. The summed E-state index contributed by atoms with van der Waals surface area (Å²) in [6.07, 6.45) is 2.20. The van der Waals surface area contributed by atoms with Crippen molar-refractivity contribution in [2.75, 3.05) is 0 Å². The largest absolute Gasteiger partial charge is 0.451 e. The van der Waals surface area contributed by atoms with Gasteiger partial charge in [0.1, 0.15) is 6.04 Å². The van der Waals surface area contributed by atoms with E-state index in [4.69, 9.17) is 4.74 Å². The normalized spacial score (nSPS) is 23.7. The number of benzene rings is 1. The first-order valence-electron chi connectivity index (χ1n) is 9.79. The van der Waals surface area contributed by atoms with Crippen LogP contribution in [0.5, 0.6) is 0 Å². The second kappa shape index (κ2) is 8.54. The molecule has 150 valence electrons. The Labute approximate surface area is 164 Å². The van der Waals surface area contributed by atoms with Crippen LogP contribution >= 0.6 is 0 Å². The van der Waals surface area contributed by atoms with Crippen molar-refractivity contribution in [3.05, 3.63) is 35.9 Å². The van der Waals surface area contributed by atoms with Crippen LogP contribution in [-0.4, -0.2) is 40.7 Å². The molecule has 1 aliphatic heterocycles. The molecule has 3 amide bonds. The van der Waals surface area contributed by atoms with Crippen molar-refractivity contribution < 1.29 is 23.9 Å². The van der Waals surface area contributed by atoms with E-state index in [9.17, 15) is 19.2 Å². The maximum Gasteiger partial charge on any atom is 0.329 e. The number of likely N-dealkylation sites (tertiary alicyclic amines) is 1. The second-order valence-electron chi connectivity index (χ2n) is 7.50. The Hall–Kier alpha value is -2.70. The molecule has 2 aliphatic rings. The van der Waals surface area contributed by atoms with Crippen LogP contribution in [0.4, 0.5) is 0 Å². The topological polar surface area (TPSA) is 92.8 Å². The van der Waals surface area contributed by atoms with E-state index in [1.165, 1.54) is 13.8 Å². The van der Waals surface area contributed by atoms with Gasteiger partial charge in [-0.3, -0.25) is 19.3 Å². The Morgan fingerprint density at radius 3 is 2.21 bits per heavy atom. The van der Waals surface area contributed by atoms with Gasteiger partial charge in [-0.05, 0) is 32.3 Å². The fourth-order valence-electron chi connectivity index (χ4n) is 3.93. The van der Waals surface area contributed by atoms with Crippen LogP contribution in [0.15, 0.2) is 30.3 Å². The lowest BCUT2D eigenvalue weighted by Crippen LogP contribution is -2.46. The Balaban J connectivity index is 1.55. The van der Waals surface area contributed by atoms with Crippen molar-refractivity contribution in [3.8, 4) is 0 Å². The van der Waals surface area contributed by atoms with Gasteiger partial charge in [0.25, 0.3) is 5.91 Å². The number of hydrogen-bond donors (Lipinski definition) is 1. The number of carbonyl (C=O) groups excluding carboxylic acids is 4. The van der Waals surface area contributed by atoms with Crippen LogP contribution in [0.25, 0.3) is 0 Å². The van der Waals surface area contributed by atoms with E-state index >= 15 is 0 Å². The van der Waals surface area contributed by atoms with Crippen molar-refractivity contribution in [2.24, 2.45) is 11.8 Å². The lowest BCUT2D eigenvalue weighted by Gasteiger charge is -2.23. The molecule has 1 aromatic rings. The summed E-state index contributed by atoms with van der Waals surface area (Å²) >= 11 is 0. The molecule has 1 aromatic carbocycles. The molecule has 28 heavy (non-hydrogen) atoms. The number of fused-ring (bicyclic) bond motifs is 1. The predicted octanol–water partition coefficient (Wildman–Crippen LogP) is 1.80. The Bertz CT molecular complexity index is 739. The molecular weight excluding hydrogens is 360 g/mol. The molecule has 0 spiro atoms. The predicted molar refractivity (Wildman–Crippen MR) is 101 cm³/mol. The summed E-state index contributed by atoms with van der Waals surface area (Å²) in [4.78, 5) is 50.9. The number of esters is 1. The van der Waals surface area contributed by atoms with E-state index in [1.54, 1.807) is 0 Å². The van der Waals surface area contributed by atoms with Crippen LogP contribution < -0.4 is 5.32 Å². The summed E-state index contributed by atoms with van der Waals surface area (Å²) in [5.41, 5.74) is 0.929. The summed E-state index contributed by atoms with van der Waals surface area (Å²) in [6.45, 7) is 3.27. The van der Waals surface area contributed by atoms with E-state index < -0.39 is 24.0 Å². The Kier molecular flexibility index (Phi) is 6.11. The minimum atomic E-state index is -1.03. The molecule has 2 fully saturated rings. The third kappa shape index (κ3) is 4.08. The monoisotopic (exact) mass is 386 g/mol. The molecule has 3 rings (SSSR count). The van der Waals surface area contributed by atoms with Gasteiger partial charge in [0.05, 0.1) is 11.8 Å². The SMILES string of the molecule is CC(OC(=O)C(C)N1C(=O)C2CCCCC2C1=O)C(=O)NCc1ccccc1. The quantitative estimate of drug-likeness (QED) is 0.594. The van der Waals surface area contributed by atoms with Crippen LogP contribution in [0.1, 0.15) is 45.1 Å². The second-order valence-corrected chi connectivity index (χ2v) is 7.50. The van der Waals surface area contributed by atoms with Gasteiger partial charge in [-0.25, -0.2) is 4.79 Å². The smallest absolute Gasteiger partial charge is 0.329 e. The Morgan fingerprint density at radius 2 is 1.64 bits per heavy atom. The molecule has 4 atom stereocenters. The highest BCUT2D eigenvalue weighted by atomic mass is 16.5. The molecule has 7 nitrogen and oxygen atoms in total. The number of carbonyl (C=O) groups is 4. The van der Waals surface area contributed by atoms with Gasteiger partial charge in [0.15, 0.2) is 6.10 Å². The maximum absolute atomic E-state index is 12.6. The fourth-order valence-corrected chi connectivity index (χ4v) is 3.93. The van der Waals surface area contributed by atoms with Gasteiger partial charge in [0, 0.05) is 6.54 Å². The Morgan fingerprint density at radius 1 is 1.07 bits per heavy atom. The van der Waals surface area contributed by atoms with Gasteiger partial charge in [-0.2, -0.15) is 0 Å². The minimum Gasteiger partial charge on any atom is -0.451 e. The third-order valence-corrected chi connectivity index (χ3v) is 5.58. The molecule has 1 saturated heterocycles. The minimum absolute atomic E-state index is 0.291. The first-order chi connectivity index (χ1) is 13.4. The standard InChI is InChI=1S/C21H26N2O5/c1-13(23-19(25)16-10-6-7-11-17(16)20(23)26)21(27)28-14(2)18(24)22-12-15-8-4-3-5-9-15/h3-5,8-9,13-14,16-17H,6-7,10-12H2,1-2H3,(H,22,24). The van der Waals surface area contributed by atoms with E-state index in [0.29, 0.717) is 19.4 Å². The highest BCUT2D eigenvalue weighted by Crippen LogP contribution is 2.38. The number of rotatable bonds is 6. The van der Waals surface area contributed by atoms with Crippen LogP contribution in [0.3, 0.4) is 0 Å². The molecular formula is C21H26N2O5. The number of imide groups is 1. The first kappa shape index (κ1) is 20.0. The number of nitrogens with one attached hydrogen (secondary N) is 1. The average Bonchev–Trinajstić information content (AvgIpc) is 2.97. The molecule has 0 bridgehead atoms. The fraction of sp³-hybridized carbons (Fsp3) is 0.524. The lowest BCUT2D eigenvalue weighted by molar-refractivity contribution is -0.164. The molecule has 1 N–H and O–H groups in total. The van der Waals surface area contributed by atoms with E-state index in [0.717, 1.165) is 23.3 Å².